The van der Waals surface area contributed by atoms with Gasteiger partial charge in [-0.1, -0.05) is 36.4 Å². The lowest BCUT2D eigenvalue weighted by molar-refractivity contribution is -0.272. The molecular weight excluding hydrogens is 499 g/mol. The van der Waals surface area contributed by atoms with E-state index in [0.29, 0.717) is 25.9 Å². The predicted octanol–water partition coefficient (Wildman–Crippen LogP) is 5.17. The van der Waals surface area contributed by atoms with Gasteiger partial charge in [-0.3, -0.25) is 0 Å². The molecule has 2 heterocycles. The number of esters is 2. The normalized spacial score (nSPS) is 19.0. The molecule has 1 atom stereocenters. The van der Waals surface area contributed by atoms with Crippen LogP contribution in [0.2, 0.25) is 0 Å². The summed E-state index contributed by atoms with van der Waals surface area (Å²) in [7, 11) is 0. The van der Waals surface area contributed by atoms with Crippen LogP contribution in [0.3, 0.4) is 0 Å². The summed E-state index contributed by atoms with van der Waals surface area (Å²) in [6.07, 6.45) is 1.25. The number of halogens is 3. The maximum Gasteiger partial charge on any atom is 0.421 e. The third-order valence-corrected chi connectivity index (χ3v) is 7.04. The number of nitrogens with zero attached hydrogens (tertiary/aromatic N) is 1. The zero-order valence-corrected chi connectivity index (χ0v) is 20.4. The van der Waals surface area contributed by atoms with Gasteiger partial charge in [0.1, 0.15) is 11.6 Å². The molecule has 2 saturated heterocycles. The van der Waals surface area contributed by atoms with Crippen molar-refractivity contribution < 1.29 is 37.0 Å². The number of carbonyl (C=O) groups excluding carboxylic acids is 2. The van der Waals surface area contributed by atoms with Crippen LogP contribution in [0.25, 0.3) is 0 Å². The van der Waals surface area contributed by atoms with Crippen LogP contribution in [0.1, 0.15) is 36.3 Å². The van der Waals surface area contributed by atoms with Crippen molar-refractivity contribution in [2.24, 2.45) is 5.92 Å². The lowest BCUT2D eigenvalue weighted by Crippen LogP contribution is -2.56. The second-order valence-electron chi connectivity index (χ2n) is 9.44. The van der Waals surface area contributed by atoms with Crippen LogP contribution < -0.4 is 4.74 Å². The highest BCUT2D eigenvalue weighted by Crippen LogP contribution is 2.45. The van der Waals surface area contributed by atoms with E-state index in [1.54, 1.807) is 41.3 Å². The van der Waals surface area contributed by atoms with Crippen LogP contribution in [0.5, 0.6) is 5.75 Å². The second-order valence-corrected chi connectivity index (χ2v) is 9.44. The lowest BCUT2D eigenvalue weighted by atomic mass is 9.75. The number of hydrogen-bond donors (Lipinski definition) is 0. The highest BCUT2D eigenvalue weighted by atomic mass is 19.1. The summed E-state index contributed by atoms with van der Waals surface area (Å²) in [5.74, 6) is -5.31. The standard InChI is InChI=1S/C29H26F3NO5/c30-22-10-6-19(7-11-22)26(20-8-12-23(31)13-9-20)21-14-16-33(29(18-21)37-27(34)28(35)38-29)15-3-17-36-25-5-2-1-4-24(25)32/h1-2,4-13,21,26H,3,14-18H2. The highest BCUT2D eigenvalue weighted by Gasteiger charge is 2.56. The molecule has 0 aliphatic carbocycles. The lowest BCUT2D eigenvalue weighted by Gasteiger charge is -2.45. The molecule has 1 spiro atoms. The van der Waals surface area contributed by atoms with Crippen LogP contribution in [-0.4, -0.2) is 42.4 Å². The maximum atomic E-state index is 13.8. The Hall–Kier alpha value is -3.85. The van der Waals surface area contributed by atoms with Gasteiger partial charge in [0.05, 0.1) is 6.61 Å². The fraction of sp³-hybridized carbons (Fsp3) is 0.310. The van der Waals surface area contributed by atoms with Crippen LogP contribution in [-0.2, 0) is 19.1 Å². The quantitative estimate of drug-likeness (QED) is 0.230. The number of hydrogen-bond acceptors (Lipinski definition) is 6. The molecule has 2 aliphatic heterocycles. The van der Waals surface area contributed by atoms with Gasteiger partial charge in [0, 0.05) is 25.4 Å². The zero-order valence-electron chi connectivity index (χ0n) is 20.4. The fourth-order valence-electron chi connectivity index (χ4n) is 5.30. The molecular formula is C29H26F3NO5. The number of para-hydroxylation sites is 1. The van der Waals surface area contributed by atoms with Gasteiger partial charge < -0.3 is 14.2 Å². The van der Waals surface area contributed by atoms with E-state index in [2.05, 4.69) is 0 Å². The van der Waals surface area contributed by atoms with E-state index in [-0.39, 0.29) is 42.2 Å². The Morgan fingerprint density at radius 3 is 2.03 bits per heavy atom. The predicted molar refractivity (Wildman–Crippen MR) is 130 cm³/mol. The Labute approximate surface area is 217 Å². The van der Waals surface area contributed by atoms with Gasteiger partial charge in [0.25, 0.3) is 0 Å². The largest absolute Gasteiger partial charge is 0.490 e. The minimum Gasteiger partial charge on any atom is -0.490 e. The van der Waals surface area contributed by atoms with Crippen molar-refractivity contribution >= 4 is 11.9 Å². The molecule has 198 valence electrons. The molecule has 0 aromatic heterocycles. The molecule has 0 amide bonds. The van der Waals surface area contributed by atoms with Gasteiger partial charge >= 0.3 is 17.8 Å². The van der Waals surface area contributed by atoms with Crippen molar-refractivity contribution in [3.8, 4) is 5.75 Å². The van der Waals surface area contributed by atoms with E-state index in [0.717, 1.165) is 11.1 Å². The first-order valence-corrected chi connectivity index (χ1v) is 12.4. The monoisotopic (exact) mass is 525 g/mol. The molecule has 0 bridgehead atoms. The van der Waals surface area contributed by atoms with Crippen molar-refractivity contribution in [1.29, 1.82) is 0 Å². The minimum absolute atomic E-state index is 0.140. The average molecular weight is 526 g/mol. The van der Waals surface area contributed by atoms with E-state index in [1.165, 1.54) is 36.4 Å². The minimum atomic E-state index is -1.60. The Morgan fingerprint density at radius 1 is 0.868 bits per heavy atom. The van der Waals surface area contributed by atoms with Crippen LogP contribution >= 0.6 is 0 Å². The van der Waals surface area contributed by atoms with E-state index in [9.17, 15) is 22.8 Å². The zero-order chi connectivity index (χ0) is 26.7. The topological polar surface area (TPSA) is 65.1 Å². The summed E-state index contributed by atoms with van der Waals surface area (Å²) in [6, 6.07) is 18.2. The van der Waals surface area contributed by atoms with Crippen LogP contribution in [0, 0.1) is 23.4 Å². The van der Waals surface area contributed by atoms with Crippen molar-refractivity contribution in [2.75, 3.05) is 19.7 Å². The third kappa shape index (κ3) is 5.38. The number of carbonyl (C=O) groups is 2. The number of likely N-dealkylation sites (tertiary alicyclic amines) is 1. The molecule has 6 nitrogen and oxygen atoms in total. The smallest absolute Gasteiger partial charge is 0.421 e. The fourth-order valence-corrected chi connectivity index (χ4v) is 5.30. The van der Waals surface area contributed by atoms with Gasteiger partial charge in [0.15, 0.2) is 11.6 Å². The molecule has 0 radical (unpaired) electrons. The van der Waals surface area contributed by atoms with Gasteiger partial charge in [0.2, 0.25) is 0 Å². The first-order valence-electron chi connectivity index (χ1n) is 12.4. The van der Waals surface area contributed by atoms with E-state index in [4.69, 9.17) is 14.2 Å². The second kappa shape index (κ2) is 10.9. The summed E-state index contributed by atoms with van der Waals surface area (Å²) in [5, 5.41) is 0. The number of piperidine rings is 1. The summed E-state index contributed by atoms with van der Waals surface area (Å²) < 4.78 is 57.9. The number of rotatable bonds is 8. The number of ether oxygens (including phenoxy) is 3. The van der Waals surface area contributed by atoms with E-state index < -0.39 is 23.7 Å². The molecule has 5 rings (SSSR count). The highest BCUT2D eigenvalue weighted by molar-refractivity contribution is 6.31. The first-order chi connectivity index (χ1) is 18.3. The van der Waals surface area contributed by atoms with E-state index >= 15 is 0 Å². The van der Waals surface area contributed by atoms with Crippen LogP contribution in [0.4, 0.5) is 13.2 Å². The van der Waals surface area contributed by atoms with Crippen molar-refractivity contribution in [2.45, 2.75) is 31.1 Å². The molecule has 9 heteroatoms. The molecule has 1 unspecified atom stereocenters. The van der Waals surface area contributed by atoms with Gasteiger partial charge in [-0.25, -0.2) is 27.7 Å². The first kappa shape index (κ1) is 25.8. The molecule has 0 saturated carbocycles. The summed E-state index contributed by atoms with van der Waals surface area (Å²) in [4.78, 5) is 26.1. The summed E-state index contributed by atoms with van der Waals surface area (Å²) >= 11 is 0. The van der Waals surface area contributed by atoms with Crippen molar-refractivity contribution in [3.05, 3.63) is 101 Å². The Kier molecular flexibility index (Phi) is 7.37. The van der Waals surface area contributed by atoms with Crippen molar-refractivity contribution in [3.63, 3.8) is 0 Å². The van der Waals surface area contributed by atoms with Gasteiger partial charge in [-0.15, -0.1) is 0 Å². The number of benzene rings is 3. The SMILES string of the molecule is O=C1OC2(CC(C(c3ccc(F)cc3)c3ccc(F)cc3)CCN2CCCOc2ccccc2F)OC1=O. The molecule has 38 heavy (non-hydrogen) atoms. The Bertz CT molecular complexity index is 1240. The molecule has 3 aromatic rings. The molecule has 2 fully saturated rings. The Morgan fingerprint density at radius 2 is 1.45 bits per heavy atom. The molecule has 3 aromatic carbocycles. The summed E-state index contributed by atoms with van der Waals surface area (Å²) in [6.45, 7) is 0.982. The van der Waals surface area contributed by atoms with E-state index in [1.807, 2.05) is 0 Å². The Balaban J connectivity index is 1.36. The van der Waals surface area contributed by atoms with Crippen molar-refractivity contribution in [1.82, 2.24) is 4.90 Å². The van der Waals surface area contributed by atoms with Gasteiger partial charge in [-0.2, -0.15) is 0 Å². The van der Waals surface area contributed by atoms with Gasteiger partial charge in [-0.05, 0) is 66.3 Å². The molecule has 2 aliphatic rings. The average Bonchev–Trinajstić information content (AvgIpc) is 3.19. The third-order valence-electron chi connectivity index (χ3n) is 7.04. The summed E-state index contributed by atoms with van der Waals surface area (Å²) in [5.41, 5.74) is 1.61. The van der Waals surface area contributed by atoms with Crippen LogP contribution in [0.15, 0.2) is 72.8 Å². The molecule has 0 N–H and O–H groups in total. The maximum absolute atomic E-state index is 13.8.